The Hall–Kier alpha value is -1.39. The van der Waals surface area contributed by atoms with Gasteiger partial charge in [-0.2, -0.15) is 0 Å². The van der Waals surface area contributed by atoms with Crippen LogP contribution in [0.2, 0.25) is 0 Å². The van der Waals surface area contributed by atoms with Crippen LogP contribution < -0.4 is 4.90 Å². The molecule has 104 valence electrons. The Kier molecular flexibility index (Phi) is 4.56. The third-order valence-corrected chi connectivity index (χ3v) is 3.85. The minimum atomic E-state index is -0.210. The van der Waals surface area contributed by atoms with E-state index in [1.165, 1.54) is 5.56 Å². The normalized spacial score (nSPS) is 16.3. The number of nitrogens with zero attached hydrogens (tertiary/aromatic N) is 2. The molecule has 0 radical (unpaired) electrons. The lowest BCUT2D eigenvalue weighted by Crippen LogP contribution is -2.48. The molecule has 1 heterocycles. The van der Waals surface area contributed by atoms with Gasteiger partial charge in [0.25, 0.3) is 0 Å². The Bertz CT molecular complexity index is 448. The number of rotatable bonds is 4. The molecule has 1 aliphatic heterocycles. The lowest BCUT2D eigenvalue weighted by molar-refractivity contribution is -0.123. The number of benzene rings is 1. The lowest BCUT2D eigenvalue weighted by atomic mass is 10.0. The fourth-order valence-corrected chi connectivity index (χ4v) is 2.53. The number of hydrogen-bond donors (Lipinski definition) is 1. The first-order valence-electron chi connectivity index (χ1n) is 6.85. The smallest absolute Gasteiger partial charge is 0.244 e. The van der Waals surface area contributed by atoms with Crippen molar-refractivity contribution in [3.8, 4) is 0 Å². The summed E-state index contributed by atoms with van der Waals surface area (Å²) in [5.41, 5.74) is 2.29. The second-order valence-electron chi connectivity index (χ2n) is 5.10. The number of aliphatic hydroxyl groups excluding tert-OH is 1. The molecule has 4 nitrogen and oxygen atoms in total. The third kappa shape index (κ3) is 2.96. The van der Waals surface area contributed by atoms with Gasteiger partial charge in [0, 0.05) is 18.8 Å². The monoisotopic (exact) mass is 262 g/mol. The van der Waals surface area contributed by atoms with Crippen LogP contribution in [0.25, 0.3) is 0 Å². The molecule has 0 fully saturated rings. The highest BCUT2D eigenvalue weighted by Gasteiger charge is 2.27. The fourth-order valence-electron chi connectivity index (χ4n) is 2.53. The van der Waals surface area contributed by atoms with Crippen molar-refractivity contribution >= 4 is 11.6 Å². The third-order valence-electron chi connectivity index (χ3n) is 3.85. The van der Waals surface area contributed by atoms with Crippen LogP contribution in [0.5, 0.6) is 0 Å². The van der Waals surface area contributed by atoms with Crippen molar-refractivity contribution in [3.05, 3.63) is 29.8 Å². The Labute approximate surface area is 114 Å². The molecule has 0 bridgehead atoms. The quantitative estimate of drug-likeness (QED) is 0.889. The van der Waals surface area contributed by atoms with Crippen LogP contribution in [0.3, 0.4) is 0 Å². The zero-order valence-corrected chi connectivity index (χ0v) is 11.7. The van der Waals surface area contributed by atoms with Crippen molar-refractivity contribution in [2.45, 2.75) is 25.8 Å². The molecule has 1 aromatic carbocycles. The Morgan fingerprint density at radius 2 is 2.21 bits per heavy atom. The van der Waals surface area contributed by atoms with E-state index in [-0.39, 0.29) is 18.6 Å². The molecule has 1 unspecified atom stereocenters. The van der Waals surface area contributed by atoms with Crippen molar-refractivity contribution in [2.24, 2.45) is 0 Å². The van der Waals surface area contributed by atoms with Gasteiger partial charge >= 0.3 is 0 Å². The van der Waals surface area contributed by atoms with E-state index < -0.39 is 0 Å². The van der Waals surface area contributed by atoms with Crippen molar-refractivity contribution in [2.75, 3.05) is 31.6 Å². The highest BCUT2D eigenvalue weighted by atomic mass is 16.3. The van der Waals surface area contributed by atoms with Crippen molar-refractivity contribution in [1.82, 2.24) is 4.90 Å². The summed E-state index contributed by atoms with van der Waals surface area (Å²) in [6.07, 6.45) is 2.06. The number of carbonyl (C=O) groups is 1. The van der Waals surface area contributed by atoms with Crippen LogP contribution >= 0.6 is 0 Å². The number of carbonyl (C=O) groups excluding carboxylic acids is 1. The molecule has 0 spiro atoms. The first-order chi connectivity index (χ1) is 9.15. The number of likely N-dealkylation sites (N-methyl/N-ethyl adjacent to an activating group) is 1. The summed E-state index contributed by atoms with van der Waals surface area (Å²) >= 11 is 0. The van der Waals surface area contributed by atoms with Gasteiger partial charge in [0.15, 0.2) is 0 Å². The minimum Gasteiger partial charge on any atom is -0.395 e. The molecule has 0 aromatic heterocycles. The second-order valence-corrected chi connectivity index (χ2v) is 5.10. The predicted molar refractivity (Wildman–Crippen MR) is 76.3 cm³/mol. The van der Waals surface area contributed by atoms with Crippen molar-refractivity contribution in [3.63, 3.8) is 0 Å². The van der Waals surface area contributed by atoms with Gasteiger partial charge < -0.3 is 10.0 Å². The molecule has 2 rings (SSSR count). The molecule has 0 aliphatic carbocycles. The maximum atomic E-state index is 12.6. The zero-order chi connectivity index (χ0) is 13.8. The van der Waals surface area contributed by atoms with Gasteiger partial charge in [-0.05, 0) is 38.4 Å². The van der Waals surface area contributed by atoms with Crippen molar-refractivity contribution < 1.29 is 9.90 Å². The topological polar surface area (TPSA) is 43.8 Å². The Balaban J connectivity index is 2.16. The SMILES string of the molecule is CC(C(=O)N1CCCc2ccccc21)N(C)CCO. The summed E-state index contributed by atoms with van der Waals surface area (Å²) in [6.45, 7) is 3.27. The van der Waals surface area contributed by atoms with Crippen LogP contribution in [0, 0.1) is 0 Å². The molecular weight excluding hydrogens is 240 g/mol. The maximum absolute atomic E-state index is 12.6. The van der Waals surface area contributed by atoms with E-state index in [0.29, 0.717) is 6.54 Å². The number of fused-ring (bicyclic) bond motifs is 1. The van der Waals surface area contributed by atoms with Crippen LogP contribution in [-0.2, 0) is 11.2 Å². The van der Waals surface area contributed by atoms with Crippen LogP contribution in [-0.4, -0.2) is 48.7 Å². The van der Waals surface area contributed by atoms with Gasteiger partial charge in [-0.1, -0.05) is 18.2 Å². The Morgan fingerprint density at radius 1 is 1.47 bits per heavy atom. The van der Waals surface area contributed by atoms with Gasteiger partial charge in [-0.25, -0.2) is 0 Å². The summed E-state index contributed by atoms with van der Waals surface area (Å²) in [5, 5.41) is 8.97. The summed E-state index contributed by atoms with van der Waals surface area (Å²) in [5.74, 6) is 0.114. The molecule has 1 atom stereocenters. The summed E-state index contributed by atoms with van der Waals surface area (Å²) < 4.78 is 0. The molecule has 1 N–H and O–H groups in total. The summed E-state index contributed by atoms with van der Waals surface area (Å²) in [6, 6.07) is 7.90. The number of para-hydroxylation sites is 1. The lowest BCUT2D eigenvalue weighted by Gasteiger charge is -2.34. The first-order valence-corrected chi connectivity index (χ1v) is 6.85. The van der Waals surface area contributed by atoms with E-state index in [1.807, 2.05) is 42.0 Å². The van der Waals surface area contributed by atoms with Crippen LogP contribution in [0.15, 0.2) is 24.3 Å². The molecular formula is C15H22N2O2. The molecule has 1 amide bonds. The van der Waals surface area contributed by atoms with E-state index >= 15 is 0 Å². The number of aliphatic hydroxyl groups is 1. The van der Waals surface area contributed by atoms with Crippen LogP contribution in [0.1, 0.15) is 18.9 Å². The Morgan fingerprint density at radius 3 is 2.95 bits per heavy atom. The number of amides is 1. The second kappa shape index (κ2) is 6.17. The molecule has 1 aromatic rings. The molecule has 0 saturated heterocycles. The van der Waals surface area contributed by atoms with Gasteiger partial charge in [0.1, 0.15) is 0 Å². The predicted octanol–water partition coefficient (Wildman–Crippen LogP) is 1.28. The number of hydrogen-bond acceptors (Lipinski definition) is 3. The van der Waals surface area contributed by atoms with E-state index in [9.17, 15) is 4.79 Å². The van der Waals surface area contributed by atoms with E-state index in [0.717, 1.165) is 25.1 Å². The summed E-state index contributed by atoms with van der Waals surface area (Å²) in [4.78, 5) is 16.4. The van der Waals surface area contributed by atoms with Crippen LogP contribution in [0.4, 0.5) is 5.69 Å². The molecule has 19 heavy (non-hydrogen) atoms. The van der Waals surface area contributed by atoms with Crippen molar-refractivity contribution in [1.29, 1.82) is 0 Å². The fraction of sp³-hybridized carbons (Fsp3) is 0.533. The minimum absolute atomic E-state index is 0.0741. The van der Waals surface area contributed by atoms with Gasteiger partial charge in [-0.3, -0.25) is 9.69 Å². The number of aryl methyl sites for hydroxylation is 1. The standard InChI is InChI=1S/C15H22N2O2/c1-12(16(2)10-11-18)15(19)17-9-5-7-13-6-3-4-8-14(13)17/h3-4,6,8,12,18H,5,7,9-11H2,1-2H3. The molecule has 4 heteroatoms. The average molecular weight is 262 g/mol. The van der Waals surface area contributed by atoms with E-state index in [2.05, 4.69) is 6.07 Å². The highest BCUT2D eigenvalue weighted by molar-refractivity contribution is 5.97. The largest absolute Gasteiger partial charge is 0.395 e. The number of anilines is 1. The maximum Gasteiger partial charge on any atom is 0.244 e. The molecule has 0 saturated carbocycles. The van der Waals surface area contributed by atoms with Gasteiger partial charge in [0.2, 0.25) is 5.91 Å². The molecule has 1 aliphatic rings. The van der Waals surface area contributed by atoms with Gasteiger partial charge in [0.05, 0.1) is 12.6 Å². The zero-order valence-electron chi connectivity index (χ0n) is 11.7. The average Bonchev–Trinajstić information content (AvgIpc) is 2.45. The first kappa shape index (κ1) is 14.0. The van der Waals surface area contributed by atoms with E-state index in [4.69, 9.17) is 5.11 Å². The van der Waals surface area contributed by atoms with E-state index in [1.54, 1.807) is 0 Å². The van der Waals surface area contributed by atoms with Gasteiger partial charge in [-0.15, -0.1) is 0 Å². The highest BCUT2D eigenvalue weighted by Crippen LogP contribution is 2.27. The summed E-state index contributed by atoms with van der Waals surface area (Å²) in [7, 11) is 1.87.